The summed E-state index contributed by atoms with van der Waals surface area (Å²) < 4.78 is 5.68. The van der Waals surface area contributed by atoms with E-state index in [0.717, 1.165) is 31.7 Å². The first kappa shape index (κ1) is 22.3. The molecule has 0 unspecified atom stereocenters. The third-order valence-corrected chi connectivity index (χ3v) is 6.59. The highest BCUT2D eigenvalue weighted by Crippen LogP contribution is 2.33. The lowest BCUT2D eigenvalue weighted by molar-refractivity contribution is -0.127. The number of hydrogen-bond donors (Lipinski definition) is 1. The highest BCUT2D eigenvalue weighted by atomic mass is 16.5. The van der Waals surface area contributed by atoms with Crippen LogP contribution in [0.5, 0.6) is 5.75 Å². The number of para-hydroxylation sites is 2. The van der Waals surface area contributed by atoms with Crippen LogP contribution in [0, 0.1) is 11.8 Å². The molecule has 1 N–H and O–H groups in total. The zero-order valence-corrected chi connectivity index (χ0v) is 19.0. The van der Waals surface area contributed by atoms with E-state index in [4.69, 9.17) is 4.74 Å². The number of amides is 2. The minimum atomic E-state index is -0.332. The molecule has 2 heterocycles. The molecule has 32 heavy (non-hydrogen) atoms. The van der Waals surface area contributed by atoms with Gasteiger partial charge in [-0.3, -0.25) is 14.5 Å². The third kappa shape index (κ3) is 5.13. The van der Waals surface area contributed by atoms with Gasteiger partial charge in [0.25, 0.3) is 0 Å². The van der Waals surface area contributed by atoms with Crippen LogP contribution in [-0.2, 0) is 16.1 Å². The van der Waals surface area contributed by atoms with Gasteiger partial charge in [-0.25, -0.2) is 0 Å². The van der Waals surface area contributed by atoms with Crippen molar-refractivity contribution < 1.29 is 14.3 Å². The molecule has 3 atom stereocenters. The summed E-state index contributed by atoms with van der Waals surface area (Å²) in [4.78, 5) is 29.8. The average Bonchev–Trinajstić information content (AvgIpc) is 3.42. The van der Waals surface area contributed by atoms with Crippen LogP contribution < -0.4 is 15.0 Å². The van der Waals surface area contributed by atoms with E-state index in [-0.39, 0.29) is 30.2 Å². The van der Waals surface area contributed by atoms with Crippen molar-refractivity contribution in [1.82, 2.24) is 10.2 Å². The minimum Gasteiger partial charge on any atom is -0.492 e. The first-order valence-corrected chi connectivity index (χ1v) is 11.6. The number of benzene rings is 2. The molecule has 0 radical (unpaired) electrons. The number of rotatable bonds is 8. The summed E-state index contributed by atoms with van der Waals surface area (Å²) in [6.07, 6.45) is 1.32. The van der Waals surface area contributed by atoms with Crippen LogP contribution in [0.4, 0.5) is 5.69 Å². The fourth-order valence-electron chi connectivity index (χ4n) is 4.79. The van der Waals surface area contributed by atoms with Gasteiger partial charge in [-0.05, 0) is 50.4 Å². The van der Waals surface area contributed by atoms with Crippen LogP contribution in [0.3, 0.4) is 0 Å². The SMILES string of the molecule is CCOc1ccccc1N1C[C@H](C(=O)N[C@H](C)[C@H]2CCN(Cc3ccccc3)C2)CC1=O. The van der Waals surface area contributed by atoms with Gasteiger partial charge in [0.05, 0.1) is 18.2 Å². The van der Waals surface area contributed by atoms with Crippen LogP contribution >= 0.6 is 0 Å². The maximum absolute atomic E-state index is 13.0. The highest BCUT2D eigenvalue weighted by Gasteiger charge is 2.37. The van der Waals surface area contributed by atoms with Crippen molar-refractivity contribution in [1.29, 1.82) is 0 Å². The van der Waals surface area contributed by atoms with Gasteiger partial charge in [0.2, 0.25) is 11.8 Å². The quantitative estimate of drug-likeness (QED) is 0.690. The molecule has 0 aliphatic carbocycles. The summed E-state index contributed by atoms with van der Waals surface area (Å²) in [6.45, 7) is 7.91. The third-order valence-electron chi connectivity index (χ3n) is 6.59. The van der Waals surface area contributed by atoms with Gasteiger partial charge in [0.1, 0.15) is 5.75 Å². The van der Waals surface area contributed by atoms with Crippen LogP contribution in [0.1, 0.15) is 32.3 Å². The first-order chi connectivity index (χ1) is 15.5. The Balaban J connectivity index is 1.31. The Labute approximate surface area is 190 Å². The van der Waals surface area contributed by atoms with E-state index in [0.29, 0.717) is 24.8 Å². The Morgan fingerprint density at radius 3 is 2.66 bits per heavy atom. The lowest BCUT2D eigenvalue weighted by Gasteiger charge is -2.24. The second-order valence-electron chi connectivity index (χ2n) is 8.87. The van der Waals surface area contributed by atoms with Gasteiger partial charge in [0.15, 0.2) is 0 Å². The molecule has 2 aromatic rings. The minimum absolute atomic E-state index is 0.0243. The molecular formula is C26H33N3O3. The van der Waals surface area contributed by atoms with Crippen molar-refractivity contribution in [3.63, 3.8) is 0 Å². The number of nitrogens with zero attached hydrogens (tertiary/aromatic N) is 2. The Kier molecular flexibility index (Phi) is 7.10. The lowest BCUT2D eigenvalue weighted by atomic mass is 9.99. The maximum atomic E-state index is 13.0. The molecular weight excluding hydrogens is 402 g/mol. The van der Waals surface area contributed by atoms with Crippen molar-refractivity contribution in [3.8, 4) is 5.75 Å². The van der Waals surface area contributed by atoms with Crippen molar-refractivity contribution in [3.05, 3.63) is 60.2 Å². The number of carbonyl (C=O) groups is 2. The van der Waals surface area contributed by atoms with Crippen molar-refractivity contribution in [2.45, 2.75) is 39.3 Å². The number of hydrogen-bond acceptors (Lipinski definition) is 4. The standard InChI is InChI=1S/C26H33N3O3/c1-3-32-24-12-8-7-11-23(24)29-18-22(15-25(29)30)26(31)27-19(2)21-13-14-28(17-21)16-20-9-5-4-6-10-20/h4-12,19,21-22H,3,13-18H2,1-2H3,(H,27,31)/t19-,21+,22-/m1/s1. The number of nitrogens with one attached hydrogen (secondary N) is 1. The fraction of sp³-hybridized carbons (Fsp3) is 0.462. The molecule has 2 aromatic carbocycles. The largest absolute Gasteiger partial charge is 0.492 e. The van der Waals surface area contributed by atoms with Gasteiger partial charge in [0, 0.05) is 32.1 Å². The Hall–Kier alpha value is -2.86. The summed E-state index contributed by atoms with van der Waals surface area (Å²) >= 11 is 0. The average molecular weight is 436 g/mol. The Morgan fingerprint density at radius 2 is 1.88 bits per heavy atom. The highest BCUT2D eigenvalue weighted by molar-refractivity contribution is 6.01. The Bertz CT molecular complexity index is 933. The van der Waals surface area contributed by atoms with Gasteiger partial charge in [-0.15, -0.1) is 0 Å². The van der Waals surface area contributed by atoms with E-state index in [1.165, 1.54) is 5.56 Å². The molecule has 0 saturated carbocycles. The van der Waals surface area contributed by atoms with Gasteiger partial charge in [-0.1, -0.05) is 42.5 Å². The predicted molar refractivity (Wildman–Crippen MR) is 126 cm³/mol. The van der Waals surface area contributed by atoms with Gasteiger partial charge < -0.3 is 15.0 Å². The summed E-state index contributed by atoms with van der Waals surface area (Å²) in [5, 5.41) is 3.20. The number of anilines is 1. The van der Waals surface area contributed by atoms with Crippen molar-refractivity contribution in [2.24, 2.45) is 11.8 Å². The molecule has 2 aliphatic heterocycles. The fourth-order valence-corrected chi connectivity index (χ4v) is 4.79. The molecule has 4 rings (SSSR count). The zero-order chi connectivity index (χ0) is 22.5. The lowest BCUT2D eigenvalue weighted by Crippen LogP contribution is -2.42. The zero-order valence-electron chi connectivity index (χ0n) is 19.0. The van der Waals surface area contributed by atoms with Crippen LogP contribution in [0.15, 0.2) is 54.6 Å². The van der Waals surface area contributed by atoms with Crippen LogP contribution in [-0.4, -0.2) is 49.0 Å². The number of carbonyl (C=O) groups excluding carboxylic acids is 2. The van der Waals surface area contributed by atoms with Crippen LogP contribution in [0.25, 0.3) is 0 Å². The summed E-state index contributed by atoms with van der Waals surface area (Å²) in [5.41, 5.74) is 2.07. The molecule has 6 nitrogen and oxygen atoms in total. The molecule has 170 valence electrons. The number of likely N-dealkylation sites (tertiary alicyclic amines) is 1. The van der Waals surface area contributed by atoms with E-state index < -0.39 is 0 Å². The van der Waals surface area contributed by atoms with E-state index >= 15 is 0 Å². The molecule has 6 heteroatoms. The molecule has 0 spiro atoms. The smallest absolute Gasteiger partial charge is 0.227 e. The summed E-state index contributed by atoms with van der Waals surface area (Å²) in [6, 6.07) is 18.1. The molecule has 0 aromatic heterocycles. The molecule has 2 fully saturated rings. The molecule has 2 saturated heterocycles. The maximum Gasteiger partial charge on any atom is 0.227 e. The van der Waals surface area contributed by atoms with E-state index in [9.17, 15) is 9.59 Å². The summed E-state index contributed by atoms with van der Waals surface area (Å²) in [7, 11) is 0. The van der Waals surface area contributed by atoms with E-state index in [1.807, 2.05) is 37.3 Å². The van der Waals surface area contributed by atoms with Crippen molar-refractivity contribution >= 4 is 17.5 Å². The van der Waals surface area contributed by atoms with E-state index in [2.05, 4.69) is 41.4 Å². The first-order valence-electron chi connectivity index (χ1n) is 11.6. The number of ether oxygens (including phenoxy) is 1. The molecule has 2 amide bonds. The van der Waals surface area contributed by atoms with Crippen LogP contribution in [0.2, 0.25) is 0 Å². The second-order valence-corrected chi connectivity index (χ2v) is 8.87. The van der Waals surface area contributed by atoms with Gasteiger partial charge in [-0.2, -0.15) is 0 Å². The van der Waals surface area contributed by atoms with Gasteiger partial charge >= 0.3 is 0 Å². The molecule has 2 aliphatic rings. The predicted octanol–water partition coefficient (Wildman–Crippen LogP) is 3.47. The normalized spacial score (nSPS) is 22.2. The monoisotopic (exact) mass is 435 g/mol. The Morgan fingerprint density at radius 1 is 1.12 bits per heavy atom. The van der Waals surface area contributed by atoms with E-state index in [1.54, 1.807) is 4.90 Å². The van der Waals surface area contributed by atoms with Crippen molar-refractivity contribution in [2.75, 3.05) is 31.1 Å². The molecule has 0 bridgehead atoms. The summed E-state index contributed by atoms with van der Waals surface area (Å²) in [5.74, 6) is 0.724. The topological polar surface area (TPSA) is 61.9 Å². The second kappa shape index (κ2) is 10.2.